The van der Waals surface area contributed by atoms with Crippen LogP contribution in [0.15, 0.2) is 63.3 Å². The van der Waals surface area contributed by atoms with Gasteiger partial charge in [-0.15, -0.1) is 11.3 Å². The molecule has 1 aromatic heterocycles. The van der Waals surface area contributed by atoms with Gasteiger partial charge in [-0.05, 0) is 35.7 Å². The van der Waals surface area contributed by atoms with Crippen LogP contribution in [0.25, 0.3) is 11.3 Å². The molecule has 0 fully saturated rings. The molecule has 0 aliphatic heterocycles. The van der Waals surface area contributed by atoms with Crippen molar-refractivity contribution in [3.63, 3.8) is 0 Å². The molecule has 0 aliphatic rings. The minimum Gasteiger partial charge on any atom is -0.255 e. The molecule has 25 heavy (non-hydrogen) atoms. The summed E-state index contributed by atoms with van der Waals surface area (Å²) in [7, 11) is -3.64. The summed E-state index contributed by atoms with van der Waals surface area (Å²) in [4.78, 5) is 4.60. The highest BCUT2D eigenvalue weighted by atomic mass is 79.9. The Bertz CT molecular complexity index is 963. The summed E-state index contributed by atoms with van der Waals surface area (Å²) in [5, 5.41) is 2.20. The molecule has 0 saturated heterocycles. The third-order valence-corrected chi connectivity index (χ3v) is 6.49. The van der Waals surface area contributed by atoms with Gasteiger partial charge in [-0.3, -0.25) is 4.72 Å². The van der Waals surface area contributed by atoms with E-state index in [0.717, 1.165) is 15.7 Å². The normalized spacial score (nSPS) is 11.7. The first kappa shape index (κ1) is 18.1. The van der Waals surface area contributed by atoms with Crippen molar-refractivity contribution in [3.05, 3.63) is 63.9 Å². The zero-order valence-electron chi connectivity index (χ0n) is 13.7. The molecule has 0 amide bonds. The number of hydrogen-bond donors (Lipinski definition) is 1. The Morgan fingerprint density at radius 1 is 1.04 bits per heavy atom. The SMILES string of the molecule is CC(C)c1ccc(-c2csc(NS(=O)(=O)c3ccc(Br)cc3)n2)cc1. The Hall–Kier alpha value is -1.70. The van der Waals surface area contributed by atoms with Crippen LogP contribution in [0.1, 0.15) is 25.3 Å². The summed E-state index contributed by atoms with van der Waals surface area (Å²) < 4.78 is 28.2. The fourth-order valence-corrected chi connectivity index (χ4v) is 4.52. The van der Waals surface area contributed by atoms with Gasteiger partial charge in [0.1, 0.15) is 0 Å². The maximum absolute atomic E-state index is 12.4. The summed E-state index contributed by atoms with van der Waals surface area (Å²) in [5.74, 6) is 0.470. The Morgan fingerprint density at radius 3 is 2.28 bits per heavy atom. The lowest BCUT2D eigenvalue weighted by atomic mass is 10.0. The molecule has 4 nitrogen and oxygen atoms in total. The average molecular weight is 437 g/mol. The molecule has 3 aromatic rings. The minimum atomic E-state index is -3.64. The maximum atomic E-state index is 12.4. The van der Waals surface area contributed by atoms with Crippen molar-refractivity contribution in [1.29, 1.82) is 0 Å². The van der Waals surface area contributed by atoms with Gasteiger partial charge in [0.05, 0.1) is 10.6 Å². The molecule has 0 bridgehead atoms. The zero-order chi connectivity index (χ0) is 18.0. The largest absolute Gasteiger partial charge is 0.263 e. The monoisotopic (exact) mass is 436 g/mol. The van der Waals surface area contributed by atoms with Crippen LogP contribution in [0.3, 0.4) is 0 Å². The number of halogens is 1. The first-order valence-corrected chi connectivity index (χ1v) is 10.8. The van der Waals surface area contributed by atoms with Crippen molar-refractivity contribution in [2.75, 3.05) is 4.72 Å². The highest BCUT2D eigenvalue weighted by Crippen LogP contribution is 2.28. The Kier molecular flexibility index (Phi) is 5.27. The van der Waals surface area contributed by atoms with E-state index >= 15 is 0 Å². The smallest absolute Gasteiger partial charge is 0.255 e. The van der Waals surface area contributed by atoms with Gasteiger partial charge in [0.2, 0.25) is 0 Å². The highest BCUT2D eigenvalue weighted by Gasteiger charge is 2.16. The van der Waals surface area contributed by atoms with Crippen molar-refractivity contribution >= 4 is 42.4 Å². The number of hydrogen-bond acceptors (Lipinski definition) is 4. The maximum Gasteiger partial charge on any atom is 0.263 e. The van der Waals surface area contributed by atoms with Gasteiger partial charge in [0, 0.05) is 15.4 Å². The van der Waals surface area contributed by atoms with E-state index < -0.39 is 10.0 Å². The lowest BCUT2D eigenvalue weighted by molar-refractivity contribution is 0.601. The molecule has 1 N–H and O–H groups in total. The number of benzene rings is 2. The predicted molar refractivity (Wildman–Crippen MR) is 107 cm³/mol. The van der Waals surface area contributed by atoms with E-state index in [1.54, 1.807) is 24.3 Å². The standard InChI is InChI=1S/C18H17BrN2O2S2/c1-12(2)13-3-5-14(6-4-13)17-11-24-18(20-17)21-25(22,23)16-9-7-15(19)8-10-16/h3-12H,1-2H3,(H,20,21). The number of aromatic nitrogens is 1. The van der Waals surface area contributed by atoms with Crippen LogP contribution in [0.4, 0.5) is 5.13 Å². The molecule has 7 heteroatoms. The van der Waals surface area contributed by atoms with Crippen LogP contribution >= 0.6 is 27.3 Å². The summed E-state index contributed by atoms with van der Waals surface area (Å²) in [6.07, 6.45) is 0. The third kappa shape index (κ3) is 4.29. The van der Waals surface area contributed by atoms with Crippen molar-refractivity contribution in [2.45, 2.75) is 24.7 Å². The summed E-state index contributed by atoms with van der Waals surface area (Å²) in [5.41, 5.74) is 2.98. The van der Waals surface area contributed by atoms with Crippen molar-refractivity contribution < 1.29 is 8.42 Å². The van der Waals surface area contributed by atoms with Crippen molar-refractivity contribution in [1.82, 2.24) is 4.98 Å². The molecule has 0 radical (unpaired) electrons. The van der Waals surface area contributed by atoms with Gasteiger partial charge in [-0.25, -0.2) is 13.4 Å². The van der Waals surface area contributed by atoms with Crippen LogP contribution < -0.4 is 4.72 Å². The van der Waals surface area contributed by atoms with Gasteiger partial charge < -0.3 is 0 Å². The Balaban J connectivity index is 1.80. The fraction of sp³-hybridized carbons (Fsp3) is 0.167. The van der Waals surface area contributed by atoms with E-state index in [2.05, 4.69) is 51.6 Å². The molecule has 1 heterocycles. The molecule has 0 unspecified atom stereocenters. The number of thiazole rings is 1. The number of nitrogens with one attached hydrogen (secondary N) is 1. The molecule has 0 saturated carbocycles. The van der Waals surface area contributed by atoms with E-state index in [0.29, 0.717) is 11.0 Å². The molecular weight excluding hydrogens is 420 g/mol. The van der Waals surface area contributed by atoms with Gasteiger partial charge in [-0.1, -0.05) is 54.0 Å². The second-order valence-corrected chi connectivity index (χ2v) is 9.33. The van der Waals surface area contributed by atoms with E-state index in [1.165, 1.54) is 16.9 Å². The molecule has 0 aliphatic carbocycles. The number of sulfonamides is 1. The highest BCUT2D eigenvalue weighted by molar-refractivity contribution is 9.10. The van der Waals surface area contributed by atoms with Crippen molar-refractivity contribution in [2.24, 2.45) is 0 Å². The van der Waals surface area contributed by atoms with Crippen LogP contribution in [0, 0.1) is 0 Å². The Labute approximate surface area is 160 Å². The number of rotatable bonds is 5. The third-order valence-electron chi connectivity index (χ3n) is 3.72. The lowest BCUT2D eigenvalue weighted by Crippen LogP contribution is -2.12. The van der Waals surface area contributed by atoms with Gasteiger partial charge in [0.25, 0.3) is 10.0 Å². The molecular formula is C18H17BrN2O2S2. The van der Waals surface area contributed by atoms with Crippen LogP contribution in [-0.2, 0) is 10.0 Å². The molecule has 2 aromatic carbocycles. The number of anilines is 1. The number of nitrogens with zero attached hydrogens (tertiary/aromatic N) is 1. The molecule has 130 valence electrons. The van der Waals surface area contributed by atoms with Crippen LogP contribution in [0.2, 0.25) is 0 Å². The second kappa shape index (κ2) is 7.27. The first-order valence-electron chi connectivity index (χ1n) is 7.69. The van der Waals surface area contributed by atoms with E-state index in [9.17, 15) is 8.42 Å². The molecule has 3 rings (SSSR count). The van der Waals surface area contributed by atoms with Crippen LogP contribution in [0.5, 0.6) is 0 Å². The van der Waals surface area contributed by atoms with E-state index in [1.807, 2.05) is 17.5 Å². The summed E-state index contributed by atoms with van der Waals surface area (Å²) in [6, 6.07) is 14.7. The topological polar surface area (TPSA) is 59.1 Å². The molecule has 0 atom stereocenters. The average Bonchev–Trinajstić information content (AvgIpc) is 3.03. The predicted octanol–water partition coefficient (Wildman–Crippen LogP) is 5.50. The Morgan fingerprint density at radius 2 is 1.68 bits per heavy atom. The van der Waals surface area contributed by atoms with E-state index in [4.69, 9.17) is 0 Å². The first-order chi connectivity index (χ1) is 11.8. The summed E-state index contributed by atoms with van der Waals surface area (Å²) in [6.45, 7) is 4.29. The zero-order valence-corrected chi connectivity index (χ0v) is 17.0. The van der Waals surface area contributed by atoms with Crippen molar-refractivity contribution in [3.8, 4) is 11.3 Å². The lowest BCUT2D eigenvalue weighted by Gasteiger charge is -2.06. The minimum absolute atomic E-state index is 0.203. The quantitative estimate of drug-likeness (QED) is 0.574. The van der Waals surface area contributed by atoms with Gasteiger partial charge >= 0.3 is 0 Å². The van der Waals surface area contributed by atoms with Crippen LogP contribution in [-0.4, -0.2) is 13.4 Å². The van der Waals surface area contributed by atoms with Gasteiger partial charge in [0.15, 0.2) is 5.13 Å². The van der Waals surface area contributed by atoms with E-state index in [-0.39, 0.29) is 4.90 Å². The fourth-order valence-electron chi connectivity index (χ4n) is 2.28. The summed E-state index contributed by atoms with van der Waals surface area (Å²) >= 11 is 4.57. The second-order valence-electron chi connectivity index (χ2n) is 5.87. The van der Waals surface area contributed by atoms with Gasteiger partial charge in [-0.2, -0.15) is 0 Å². The molecule has 0 spiro atoms.